The zero-order valence-electron chi connectivity index (χ0n) is 11.9. The zero-order valence-corrected chi connectivity index (χ0v) is 13.4. The van der Waals surface area contributed by atoms with Gasteiger partial charge < -0.3 is 15.2 Å². The number of hydrogen-bond acceptors (Lipinski definition) is 3. The van der Waals surface area contributed by atoms with Crippen molar-refractivity contribution >= 4 is 22.9 Å². The molecule has 0 spiro atoms. The fourth-order valence-corrected chi connectivity index (χ4v) is 2.75. The average Bonchev–Trinajstić information content (AvgIpc) is 2.99. The molecule has 1 heterocycles. The Kier molecular flexibility index (Phi) is 7.19. The van der Waals surface area contributed by atoms with Crippen LogP contribution in [-0.2, 0) is 17.8 Å². The molecule has 0 aliphatic heterocycles. The average molecular weight is 327 g/mol. The predicted octanol–water partition coefficient (Wildman–Crippen LogP) is 2.09. The largest absolute Gasteiger partial charge is 0.385 e. The van der Waals surface area contributed by atoms with Crippen molar-refractivity contribution in [3.63, 3.8) is 0 Å². The highest BCUT2D eigenvalue weighted by Gasteiger charge is 2.07. The van der Waals surface area contributed by atoms with Gasteiger partial charge >= 0.3 is 0 Å². The molecule has 2 aromatic rings. The Morgan fingerprint density at radius 1 is 1.24 bits per heavy atom. The standard InChI is InChI=1S/C16H20ClNO2S/c17-14-5-3-13(4-6-14)7-8-18-10-15(19)11-20-12-16-2-1-9-21-16/h1-6,9,15,18-19H,7-8,10-12H2/p+1/t15-/m1/s1. The van der Waals surface area contributed by atoms with E-state index in [4.69, 9.17) is 16.3 Å². The molecule has 0 unspecified atom stereocenters. The Morgan fingerprint density at radius 2 is 2.05 bits per heavy atom. The second kappa shape index (κ2) is 9.18. The van der Waals surface area contributed by atoms with Crippen molar-refractivity contribution in [2.24, 2.45) is 0 Å². The number of ether oxygens (including phenoxy) is 1. The molecular weight excluding hydrogens is 306 g/mol. The maximum absolute atomic E-state index is 9.84. The monoisotopic (exact) mass is 326 g/mol. The molecule has 0 saturated carbocycles. The number of benzene rings is 1. The van der Waals surface area contributed by atoms with Crippen LogP contribution in [0.5, 0.6) is 0 Å². The van der Waals surface area contributed by atoms with Crippen molar-refractivity contribution in [1.29, 1.82) is 0 Å². The summed E-state index contributed by atoms with van der Waals surface area (Å²) in [6.45, 7) is 2.58. The SMILES string of the molecule is O[C@H](C[NH2+]CCc1ccc(Cl)cc1)COCc1cccs1. The first kappa shape index (κ1) is 16.5. The molecule has 1 aromatic carbocycles. The Bertz CT molecular complexity index is 502. The predicted molar refractivity (Wildman–Crippen MR) is 86.8 cm³/mol. The second-order valence-electron chi connectivity index (χ2n) is 4.94. The molecule has 0 amide bonds. The van der Waals surface area contributed by atoms with Gasteiger partial charge in [-0.2, -0.15) is 0 Å². The van der Waals surface area contributed by atoms with Gasteiger partial charge in [0.1, 0.15) is 12.6 Å². The number of quaternary nitrogens is 1. The first-order valence-corrected chi connectivity index (χ1v) is 8.34. The molecular formula is C16H21ClNO2S+. The maximum Gasteiger partial charge on any atom is 0.126 e. The lowest BCUT2D eigenvalue weighted by molar-refractivity contribution is -0.660. The number of rotatable bonds is 9. The van der Waals surface area contributed by atoms with Crippen molar-refractivity contribution in [3.05, 3.63) is 57.2 Å². The molecule has 0 aliphatic carbocycles. The number of aliphatic hydroxyl groups excluding tert-OH is 1. The third-order valence-electron chi connectivity index (χ3n) is 3.12. The summed E-state index contributed by atoms with van der Waals surface area (Å²) in [4.78, 5) is 1.19. The molecule has 3 nitrogen and oxygen atoms in total. The van der Waals surface area contributed by atoms with Crippen molar-refractivity contribution < 1.29 is 15.2 Å². The van der Waals surface area contributed by atoms with Gasteiger partial charge in [-0.15, -0.1) is 11.3 Å². The van der Waals surface area contributed by atoms with Gasteiger partial charge in [0.25, 0.3) is 0 Å². The molecule has 5 heteroatoms. The minimum Gasteiger partial charge on any atom is -0.385 e. The molecule has 0 aliphatic rings. The molecule has 0 bridgehead atoms. The Balaban J connectivity index is 1.52. The lowest BCUT2D eigenvalue weighted by atomic mass is 10.1. The van der Waals surface area contributed by atoms with E-state index in [1.54, 1.807) is 11.3 Å². The lowest BCUT2D eigenvalue weighted by Gasteiger charge is -2.10. The minimum atomic E-state index is -0.421. The van der Waals surface area contributed by atoms with Crippen LogP contribution in [-0.4, -0.2) is 30.9 Å². The van der Waals surface area contributed by atoms with E-state index in [0.717, 1.165) is 18.0 Å². The highest BCUT2D eigenvalue weighted by Crippen LogP contribution is 2.10. The number of nitrogens with two attached hydrogens (primary N) is 1. The fourth-order valence-electron chi connectivity index (χ4n) is 1.99. The van der Waals surface area contributed by atoms with Gasteiger partial charge in [-0.1, -0.05) is 29.8 Å². The van der Waals surface area contributed by atoms with Crippen LogP contribution in [0.25, 0.3) is 0 Å². The van der Waals surface area contributed by atoms with Gasteiger partial charge in [0, 0.05) is 16.3 Å². The summed E-state index contributed by atoms with van der Waals surface area (Å²) >= 11 is 7.52. The fraction of sp³-hybridized carbons (Fsp3) is 0.375. The molecule has 114 valence electrons. The Morgan fingerprint density at radius 3 is 2.76 bits per heavy atom. The first-order valence-electron chi connectivity index (χ1n) is 7.08. The first-order chi connectivity index (χ1) is 10.2. The van der Waals surface area contributed by atoms with E-state index in [1.807, 2.05) is 41.8 Å². The van der Waals surface area contributed by atoms with E-state index in [1.165, 1.54) is 10.4 Å². The van der Waals surface area contributed by atoms with Crippen molar-refractivity contribution in [2.45, 2.75) is 19.1 Å². The second-order valence-corrected chi connectivity index (χ2v) is 6.41. The highest BCUT2D eigenvalue weighted by atomic mass is 35.5. The van der Waals surface area contributed by atoms with E-state index >= 15 is 0 Å². The number of hydrogen-bond donors (Lipinski definition) is 2. The summed E-state index contributed by atoms with van der Waals surface area (Å²) < 4.78 is 5.49. The topological polar surface area (TPSA) is 46.1 Å². The molecule has 1 aromatic heterocycles. The Hall–Kier alpha value is -0.910. The minimum absolute atomic E-state index is 0.384. The van der Waals surface area contributed by atoms with E-state index in [2.05, 4.69) is 5.32 Å². The van der Waals surface area contributed by atoms with Crippen LogP contribution in [0.4, 0.5) is 0 Å². The van der Waals surface area contributed by atoms with Crippen LogP contribution in [0.3, 0.4) is 0 Å². The van der Waals surface area contributed by atoms with Crippen molar-refractivity contribution in [2.75, 3.05) is 19.7 Å². The third-order valence-corrected chi connectivity index (χ3v) is 4.23. The van der Waals surface area contributed by atoms with Crippen LogP contribution < -0.4 is 5.32 Å². The molecule has 3 N–H and O–H groups in total. The van der Waals surface area contributed by atoms with Crippen LogP contribution in [0.2, 0.25) is 5.02 Å². The molecule has 0 radical (unpaired) electrons. The van der Waals surface area contributed by atoms with E-state index in [-0.39, 0.29) is 0 Å². The molecule has 0 saturated heterocycles. The molecule has 0 fully saturated rings. The van der Waals surface area contributed by atoms with E-state index in [0.29, 0.717) is 19.8 Å². The van der Waals surface area contributed by atoms with E-state index in [9.17, 15) is 5.11 Å². The van der Waals surface area contributed by atoms with Crippen molar-refractivity contribution in [1.82, 2.24) is 0 Å². The van der Waals surface area contributed by atoms with Crippen LogP contribution in [0.15, 0.2) is 41.8 Å². The highest BCUT2D eigenvalue weighted by molar-refractivity contribution is 7.09. The number of halogens is 1. The normalized spacial score (nSPS) is 12.5. The van der Waals surface area contributed by atoms with Gasteiger partial charge in [-0.25, -0.2) is 0 Å². The molecule has 2 rings (SSSR count). The van der Waals surface area contributed by atoms with E-state index < -0.39 is 6.10 Å². The quantitative estimate of drug-likeness (QED) is 0.693. The Labute approximate surface area is 134 Å². The van der Waals surface area contributed by atoms with Gasteiger partial charge in [-0.05, 0) is 29.1 Å². The summed E-state index contributed by atoms with van der Waals surface area (Å²) in [5.74, 6) is 0. The summed E-state index contributed by atoms with van der Waals surface area (Å²) in [7, 11) is 0. The molecule has 21 heavy (non-hydrogen) atoms. The van der Waals surface area contributed by atoms with Crippen LogP contribution >= 0.6 is 22.9 Å². The molecule has 1 atom stereocenters. The van der Waals surface area contributed by atoms with Gasteiger partial charge in [-0.3, -0.25) is 0 Å². The maximum atomic E-state index is 9.84. The lowest BCUT2D eigenvalue weighted by Crippen LogP contribution is -2.87. The van der Waals surface area contributed by atoms with Gasteiger partial charge in [0.15, 0.2) is 0 Å². The zero-order chi connectivity index (χ0) is 14.9. The van der Waals surface area contributed by atoms with Gasteiger partial charge in [0.05, 0.1) is 19.8 Å². The number of aliphatic hydroxyl groups is 1. The smallest absolute Gasteiger partial charge is 0.126 e. The summed E-state index contributed by atoms with van der Waals surface area (Å²) in [5.41, 5.74) is 1.26. The number of thiophene rings is 1. The van der Waals surface area contributed by atoms with Crippen LogP contribution in [0.1, 0.15) is 10.4 Å². The van der Waals surface area contributed by atoms with Crippen molar-refractivity contribution in [3.8, 4) is 0 Å². The van der Waals surface area contributed by atoms with Crippen LogP contribution in [0, 0.1) is 0 Å². The summed E-state index contributed by atoms with van der Waals surface area (Å²) in [6, 6.07) is 11.9. The summed E-state index contributed by atoms with van der Waals surface area (Å²) in [6.07, 6.45) is 0.551. The van der Waals surface area contributed by atoms with Gasteiger partial charge in [0.2, 0.25) is 0 Å². The third kappa shape index (κ3) is 6.59. The summed E-state index contributed by atoms with van der Waals surface area (Å²) in [5, 5.41) is 14.8.